The van der Waals surface area contributed by atoms with E-state index in [1.165, 1.54) is 6.33 Å². The summed E-state index contributed by atoms with van der Waals surface area (Å²) in [6.07, 6.45) is 0.409. The highest BCUT2D eigenvalue weighted by Crippen LogP contribution is 2.76. The zero-order chi connectivity index (χ0) is 46.8. The number of allylic oxidation sites excluding steroid dienone is 1. The maximum atomic E-state index is 13.5. The normalized spacial score (nSPS) is 26.4. The van der Waals surface area contributed by atoms with E-state index in [2.05, 4.69) is 40.7 Å². The largest absolute Gasteiger partial charge is 0.497 e. The van der Waals surface area contributed by atoms with Crippen molar-refractivity contribution in [1.82, 2.24) is 19.5 Å². The molecule has 3 aromatic carbocycles. The van der Waals surface area contributed by atoms with Crippen molar-refractivity contribution >= 4 is 51.9 Å². The highest BCUT2D eigenvalue weighted by molar-refractivity contribution is 8.68. The van der Waals surface area contributed by atoms with Gasteiger partial charge in [-0.05, 0) is 91.8 Å². The molecule has 2 aromatic heterocycles. The SMILES string of the molecule is C=C(C)[C@H]1CC[C@@]2(C)S[P@@](=S)(O[C@H]3[C@@H](OCCOC)[C@H](n4cnc5c(=O)[nH]c(NC(=O)C(C)C)nc54)O[C@@H]3COC(c3ccccc3)(c3ccc(OC)cc3)c3ccc(OC)cc3)O[C@@H]2C1. The van der Waals surface area contributed by atoms with Gasteiger partial charge in [-0.1, -0.05) is 92.0 Å². The van der Waals surface area contributed by atoms with Gasteiger partial charge in [-0.3, -0.25) is 24.5 Å². The molecule has 1 aliphatic carbocycles. The number of benzene rings is 3. The Morgan fingerprint density at radius 3 is 2.27 bits per heavy atom. The van der Waals surface area contributed by atoms with Crippen molar-refractivity contribution in [3.8, 4) is 11.5 Å². The van der Waals surface area contributed by atoms with Crippen molar-refractivity contribution in [3.05, 3.63) is 124 Å². The predicted octanol–water partition coefficient (Wildman–Crippen LogP) is 8.55. The lowest BCUT2D eigenvalue weighted by molar-refractivity contribution is -0.118. The summed E-state index contributed by atoms with van der Waals surface area (Å²) >= 11 is 8.07. The molecule has 4 heterocycles. The first kappa shape index (κ1) is 48.1. The topological polar surface area (TPSA) is 167 Å². The minimum Gasteiger partial charge on any atom is -0.497 e. The molecule has 0 unspecified atom stereocenters. The lowest BCUT2D eigenvalue weighted by atomic mass is 9.77. The number of carbonyl (C=O) groups excluding carboxylic acids is 1. The molecule has 352 valence electrons. The van der Waals surface area contributed by atoms with E-state index < -0.39 is 41.4 Å². The van der Waals surface area contributed by atoms with Gasteiger partial charge in [0.25, 0.3) is 5.56 Å². The lowest BCUT2D eigenvalue weighted by Crippen LogP contribution is -2.41. The zero-order valence-corrected chi connectivity index (χ0v) is 40.8. The molecule has 3 fully saturated rings. The molecule has 1 saturated carbocycles. The summed E-state index contributed by atoms with van der Waals surface area (Å²) in [5.41, 5.74) is -1.02. The van der Waals surface area contributed by atoms with E-state index >= 15 is 0 Å². The van der Waals surface area contributed by atoms with E-state index in [-0.39, 0.29) is 59.6 Å². The Labute approximate surface area is 394 Å². The van der Waals surface area contributed by atoms with Crippen molar-refractivity contribution in [2.45, 2.75) is 87.9 Å². The van der Waals surface area contributed by atoms with Gasteiger partial charge in [-0.15, -0.1) is 0 Å². The summed E-state index contributed by atoms with van der Waals surface area (Å²) < 4.78 is 53.4. The number of carbonyl (C=O) groups is 1. The summed E-state index contributed by atoms with van der Waals surface area (Å²) in [7, 11) is 4.86. The van der Waals surface area contributed by atoms with Crippen molar-refractivity contribution in [2.75, 3.05) is 46.5 Å². The van der Waals surface area contributed by atoms with Crippen LogP contribution in [0.5, 0.6) is 11.5 Å². The van der Waals surface area contributed by atoms with E-state index in [0.29, 0.717) is 17.4 Å². The van der Waals surface area contributed by atoms with Crippen LogP contribution in [0.25, 0.3) is 11.2 Å². The minimum absolute atomic E-state index is 0.0304. The third-order valence-electron chi connectivity index (χ3n) is 12.7. The van der Waals surface area contributed by atoms with Crippen molar-refractivity contribution in [1.29, 1.82) is 0 Å². The fraction of sp³-hybridized carbons (Fsp3) is 0.458. The van der Waals surface area contributed by atoms with Crippen LogP contribution in [0.3, 0.4) is 0 Å². The fourth-order valence-electron chi connectivity index (χ4n) is 8.93. The van der Waals surface area contributed by atoms with E-state index in [4.69, 9.17) is 49.3 Å². The maximum absolute atomic E-state index is 13.5. The molecule has 0 radical (unpaired) electrons. The van der Waals surface area contributed by atoms with Gasteiger partial charge in [0.1, 0.15) is 35.4 Å². The summed E-state index contributed by atoms with van der Waals surface area (Å²) in [6.45, 7) is 12.4. The van der Waals surface area contributed by atoms with E-state index in [1.54, 1.807) is 51.1 Å². The molecule has 2 aliphatic heterocycles. The number of rotatable bonds is 18. The van der Waals surface area contributed by atoms with Gasteiger partial charge in [-0.2, -0.15) is 4.98 Å². The van der Waals surface area contributed by atoms with E-state index in [0.717, 1.165) is 41.5 Å². The summed E-state index contributed by atoms with van der Waals surface area (Å²) in [5.74, 6) is 0.973. The average molecular weight is 960 g/mol. The molecule has 18 heteroatoms. The molecule has 8 rings (SSSR count). The Morgan fingerprint density at radius 1 is 1.02 bits per heavy atom. The number of fused-ring (bicyclic) bond motifs is 2. The van der Waals surface area contributed by atoms with E-state index in [9.17, 15) is 9.59 Å². The van der Waals surface area contributed by atoms with Gasteiger partial charge in [0.05, 0.1) is 46.5 Å². The molecule has 3 aliphatic rings. The van der Waals surface area contributed by atoms with Gasteiger partial charge in [0.15, 0.2) is 17.4 Å². The van der Waals surface area contributed by atoms with Crippen molar-refractivity contribution in [3.63, 3.8) is 0 Å². The molecule has 15 nitrogen and oxygen atoms in total. The number of aromatic nitrogens is 4. The average Bonchev–Trinajstić information content (AvgIpc) is 3.97. The van der Waals surface area contributed by atoms with Gasteiger partial charge in [0.2, 0.25) is 17.5 Å². The number of nitrogens with one attached hydrogen (secondary N) is 2. The summed E-state index contributed by atoms with van der Waals surface area (Å²) in [5, 5.41) is 2.71. The first-order valence-electron chi connectivity index (χ1n) is 22.1. The maximum Gasteiger partial charge on any atom is 0.280 e. The van der Waals surface area contributed by atoms with Crippen LogP contribution in [-0.4, -0.2) is 95.7 Å². The number of methoxy groups -OCH3 is 3. The van der Waals surface area contributed by atoms with Crippen molar-refractivity contribution in [2.24, 2.45) is 11.8 Å². The van der Waals surface area contributed by atoms with E-state index in [1.807, 2.05) is 78.9 Å². The van der Waals surface area contributed by atoms with Crippen LogP contribution >= 0.6 is 17.1 Å². The Morgan fingerprint density at radius 2 is 1.67 bits per heavy atom. The summed E-state index contributed by atoms with van der Waals surface area (Å²) in [6, 6.07) is 25.5. The van der Waals surface area contributed by atoms with Crippen LogP contribution in [0.1, 0.15) is 69.9 Å². The molecular weight excluding hydrogens is 902 g/mol. The van der Waals surface area contributed by atoms with Crippen LogP contribution in [0.15, 0.2) is 102 Å². The predicted molar refractivity (Wildman–Crippen MR) is 258 cm³/mol. The number of nitrogens with zero attached hydrogens (tertiary/aromatic N) is 3. The number of aromatic amines is 1. The standard InChI is InChI=1S/C48H58N5O10PS2/c1-29(2)31-22-23-47(5)38(26-31)62-64(65,66-47)63-40-37(61-45(41(40)59-25-24-56-6)53-28-49-39-42(53)50-46(52-44(39)55)51-43(54)30(3)4)27-60-48(32-12-10-9-11-13-32,33-14-18-35(57-7)19-15-33)34-16-20-36(58-8)21-17-34/h9-21,28,30-31,37-38,40-41,45H,1,22-27H2,2-8H3,(H2,50,51,52,54,55)/t31-,37+,38+,40+,41+,45+,47+,64+/m0/s1. The first-order chi connectivity index (χ1) is 31.7. The molecule has 66 heavy (non-hydrogen) atoms. The monoisotopic (exact) mass is 959 g/mol. The lowest BCUT2D eigenvalue weighted by Gasteiger charge is -2.37. The van der Waals surface area contributed by atoms with Crippen LogP contribution < -0.4 is 20.3 Å². The number of amides is 1. The van der Waals surface area contributed by atoms with Crippen LogP contribution in [0.2, 0.25) is 0 Å². The molecule has 8 atom stereocenters. The second-order valence-corrected chi connectivity index (χ2v) is 24.0. The number of hydrogen-bond donors (Lipinski definition) is 2. The third-order valence-corrected chi connectivity index (χ3v) is 18.4. The number of hydrogen-bond acceptors (Lipinski definition) is 14. The Kier molecular flexibility index (Phi) is 14.6. The second-order valence-electron chi connectivity index (χ2n) is 17.4. The van der Waals surface area contributed by atoms with Gasteiger partial charge in [0, 0.05) is 17.8 Å². The highest BCUT2D eigenvalue weighted by Gasteiger charge is 2.57. The third kappa shape index (κ3) is 9.65. The summed E-state index contributed by atoms with van der Waals surface area (Å²) in [4.78, 5) is 38.1. The molecule has 2 N–H and O–H groups in total. The molecule has 2 saturated heterocycles. The quantitative estimate of drug-likeness (QED) is 0.0371. The van der Waals surface area contributed by atoms with Crippen LogP contribution in [0, 0.1) is 11.8 Å². The van der Waals surface area contributed by atoms with Crippen molar-refractivity contribution < 1.29 is 42.3 Å². The second kappa shape index (κ2) is 20.0. The Hall–Kier alpha value is -4.42. The highest BCUT2D eigenvalue weighted by atomic mass is 32.9. The van der Waals surface area contributed by atoms with Crippen LogP contribution in [0.4, 0.5) is 5.95 Å². The minimum atomic E-state index is -3.11. The molecule has 0 spiro atoms. The molecule has 5 aromatic rings. The Balaban J connectivity index is 1.25. The van der Waals surface area contributed by atoms with Gasteiger partial charge < -0.3 is 37.5 Å². The first-order valence-corrected chi connectivity index (χ1v) is 26.1. The number of H-pyrrole nitrogens is 1. The molecule has 1 amide bonds. The smallest absolute Gasteiger partial charge is 0.280 e. The number of ether oxygens (including phenoxy) is 6. The zero-order valence-electron chi connectivity index (χ0n) is 38.3. The molecular formula is C48H58N5O10PS2. The van der Waals surface area contributed by atoms with Crippen LogP contribution in [-0.2, 0) is 50.2 Å². The number of imidazole rings is 1. The van der Waals surface area contributed by atoms with Gasteiger partial charge >= 0.3 is 0 Å². The Bertz CT molecular complexity index is 2560. The fourth-order valence-corrected chi connectivity index (χ4v) is 16.5. The van der Waals surface area contributed by atoms with Gasteiger partial charge in [-0.25, -0.2) is 4.98 Å². The molecule has 0 bridgehead atoms. The number of anilines is 1.